The molecule has 0 rings (SSSR count). The Morgan fingerprint density at radius 3 is 2.09 bits per heavy atom. The average molecular weight is 156 g/mol. The summed E-state index contributed by atoms with van der Waals surface area (Å²) in [5, 5.41) is 0. The molecule has 0 N–H and O–H groups in total. The first kappa shape index (κ1) is 10.5. The molecular weight excluding hydrogens is 138 g/mol. The average Bonchev–Trinajstić information content (AvgIpc) is 1.86. The first-order valence-corrected chi connectivity index (χ1v) is 4.03. The van der Waals surface area contributed by atoms with Crippen LogP contribution in [0.4, 0.5) is 0 Å². The first-order chi connectivity index (χ1) is 5.04. The minimum absolute atomic E-state index is 0.228. The molecule has 0 aromatic rings. The maximum absolute atomic E-state index is 11.0. The van der Waals surface area contributed by atoms with Gasteiger partial charge < -0.3 is 4.90 Å². The molecule has 0 aromatic heterocycles. The third-order valence-electron chi connectivity index (χ3n) is 1.57. The number of carbonyl (C=O) groups excluding carboxylic acids is 1. The summed E-state index contributed by atoms with van der Waals surface area (Å²) < 4.78 is 0. The van der Waals surface area contributed by atoms with Gasteiger partial charge in [-0.05, 0) is 18.8 Å². The predicted molar refractivity (Wildman–Crippen MR) is 47.1 cm³/mol. The highest BCUT2D eigenvalue weighted by molar-refractivity contribution is 5.75. The number of hydrogen-bond acceptors (Lipinski definition) is 1. The van der Waals surface area contributed by atoms with Crippen LogP contribution in [-0.4, -0.2) is 24.9 Å². The van der Waals surface area contributed by atoms with Gasteiger partial charge >= 0.3 is 0 Å². The van der Waals surface area contributed by atoms with E-state index in [1.807, 2.05) is 0 Å². The molecule has 0 heterocycles. The van der Waals surface area contributed by atoms with Crippen molar-refractivity contribution in [1.82, 2.24) is 4.90 Å². The molecule has 65 valence electrons. The van der Waals surface area contributed by atoms with Crippen molar-refractivity contribution in [2.45, 2.75) is 33.1 Å². The molecule has 0 spiro atoms. The number of amides is 1. The van der Waals surface area contributed by atoms with Crippen molar-refractivity contribution in [1.29, 1.82) is 0 Å². The molecule has 0 unspecified atom stereocenters. The minimum atomic E-state index is 0.228. The molecule has 0 aliphatic carbocycles. The van der Waals surface area contributed by atoms with Crippen LogP contribution in [0.5, 0.6) is 0 Å². The maximum Gasteiger partial charge on any atom is 0.222 e. The Labute approximate surface area is 69.6 Å². The zero-order valence-electron chi connectivity index (χ0n) is 7.98. The SMILES string of the molecule is C[C](C)CCCC(=O)N(C)C. The maximum atomic E-state index is 11.0. The molecule has 0 atom stereocenters. The Morgan fingerprint density at radius 1 is 1.18 bits per heavy atom. The Kier molecular flexibility index (Phi) is 4.92. The Balaban J connectivity index is 3.32. The highest BCUT2D eigenvalue weighted by Crippen LogP contribution is 2.08. The van der Waals surface area contributed by atoms with E-state index >= 15 is 0 Å². The molecule has 0 saturated heterocycles. The topological polar surface area (TPSA) is 20.3 Å². The molecule has 1 radical (unpaired) electrons. The van der Waals surface area contributed by atoms with Crippen LogP contribution in [0.3, 0.4) is 0 Å². The van der Waals surface area contributed by atoms with E-state index in [0.29, 0.717) is 6.42 Å². The number of rotatable bonds is 4. The third-order valence-corrected chi connectivity index (χ3v) is 1.57. The zero-order chi connectivity index (χ0) is 8.85. The van der Waals surface area contributed by atoms with E-state index in [0.717, 1.165) is 12.8 Å². The summed E-state index contributed by atoms with van der Waals surface area (Å²) in [6.07, 6.45) is 2.73. The van der Waals surface area contributed by atoms with Gasteiger partial charge in [0.05, 0.1) is 0 Å². The van der Waals surface area contributed by atoms with E-state index in [-0.39, 0.29) is 5.91 Å². The van der Waals surface area contributed by atoms with Gasteiger partial charge in [-0.25, -0.2) is 0 Å². The minimum Gasteiger partial charge on any atom is -0.349 e. The fraction of sp³-hybridized carbons (Fsp3) is 0.778. The summed E-state index contributed by atoms with van der Waals surface area (Å²) >= 11 is 0. The highest BCUT2D eigenvalue weighted by Gasteiger charge is 2.03. The standard InChI is InChI=1S/C9H18NO/c1-8(2)6-5-7-9(11)10(3)4/h5-7H2,1-4H3. The molecular formula is C9H18NO. The Bertz CT molecular complexity index is 119. The van der Waals surface area contributed by atoms with Crippen LogP contribution in [-0.2, 0) is 4.79 Å². The van der Waals surface area contributed by atoms with Crippen molar-refractivity contribution in [3.05, 3.63) is 5.92 Å². The van der Waals surface area contributed by atoms with Crippen molar-refractivity contribution >= 4 is 5.91 Å². The third kappa shape index (κ3) is 5.89. The lowest BCUT2D eigenvalue weighted by Gasteiger charge is -2.10. The summed E-state index contributed by atoms with van der Waals surface area (Å²) in [6, 6.07) is 0. The zero-order valence-corrected chi connectivity index (χ0v) is 7.98. The van der Waals surface area contributed by atoms with E-state index in [1.165, 1.54) is 5.92 Å². The second-order valence-corrected chi connectivity index (χ2v) is 3.35. The van der Waals surface area contributed by atoms with E-state index < -0.39 is 0 Å². The van der Waals surface area contributed by atoms with Crippen molar-refractivity contribution in [2.75, 3.05) is 14.1 Å². The van der Waals surface area contributed by atoms with Crippen LogP contribution < -0.4 is 0 Å². The van der Waals surface area contributed by atoms with Crippen molar-refractivity contribution in [3.63, 3.8) is 0 Å². The summed E-state index contributed by atoms with van der Waals surface area (Å²) in [7, 11) is 3.59. The van der Waals surface area contributed by atoms with Crippen LogP contribution in [0.25, 0.3) is 0 Å². The molecule has 2 heteroatoms. The van der Waals surface area contributed by atoms with E-state index in [4.69, 9.17) is 0 Å². The Morgan fingerprint density at radius 2 is 1.73 bits per heavy atom. The van der Waals surface area contributed by atoms with Gasteiger partial charge in [0.15, 0.2) is 0 Å². The van der Waals surface area contributed by atoms with Crippen molar-refractivity contribution in [2.24, 2.45) is 0 Å². The van der Waals surface area contributed by atoms with Crippen LogP contribution in [0.15, 0.2) is 0 Å². The van der Waals surface area contributed by atoms with Gasteiger partial charge in [0, 0.05) is 20.5 Å². The molecule has 0 aromatic carbocycles. The van der Waals surface area contributed by atoms with Gasteiger partial charge in [-0.15, -0.1) is 0 Å². The van der Waals surface area contributed by atoms with Crippen molar-refractivity contribution < 1.29 is 4.79 Å². The summed E-state index contributed by atoms with van der Waals surface area (Å²) in [5.74, 6) is 1.63. The second kappa shape index (κ2) is 5.16. The van der Waals surface area contributed by atoms with Gasteiger partial charge in [0.25, 0.3) is 0 Å². The molecule has 0 aliphatic heterocycles. The Hall–Kier alpha value is -0.530. The number of carbonyl (C=O) groups is 1. The molecule has 2 nitrogen and oxygen atoms in total. The summed E-state index contributed by atoms with van der Waals surface area (Å²) in [4.78, 5) is 12.7. The molecule has 0 aliphatic rings. The molecule has 0 fully saturated rings. The largest absolute Gasteiger partial charge is 0.349 e. The lowest BCUT2D eigenvalue weighted by atomic mass is 10.1. The van der Waals surface area contributed by atoms with Gasteiger partial charge in [0.2, 0.25) is 5.91 Å². The van der Waals surface area contributed by atoms with Gasteiger partial charge in [-0.3, -0.25) is 4.79 Å². The molecule has 0 bridgehead atoms. The number of hydrogen-bond donors (Lipinski definition) is 0. The van der Waals surface area contributed by atoms with Crippen LogP contribution in [0.2, 0.25) is 0 Å². The van der Waals surface area contributed by atoms with Gasteiger partial charge in [-0.2, -0.15) is 0 Å². The molecule has 1 amide bonds. The van der Waals surface area contributed by atoms with E-state index in [1.54, 1.807) is 19.0 Å². The predicted octanol–water partition coefficient (Wildman–Crippen LogP) is 1.86. The molecule has 0 saturated carbocycles. The summed E-state index contributed by atoms with van der Waals surface area (Å²) in [6.45, 7) is 4.19. The smallest absolute Gasteiger partial charge is 0.222 e. The number of nitrogens with zero attached hydrogens (tertiary/aromatic N) is 1. The first-order valence-electron chi connectivity index (χ1n) is 4.03. The normalized spacial score (nSPS) is 10.3. The van der Waals surface area contributed by atoms with Crippen LogP contribution in [0.1, 0.15) is 33.1 Å². The second-order valence-electron chi connectivity index (χ2n) is 3.35. The van der Waals surface area contributed by atoms with E-state index in [2.05, 4.69) is 13.8 Å². The van der Waals surface area contributed by atoms with Crippen LogP contribution >= 0.6 is 0 Å². The lowest BCUT2D eigenvalue weighted by molar-refractivity contribution is -0.128. The van der Waals surface area contributed by atoms with Gasteiger partial charge in [0.1, 0.15) is 0 Å². The van der Waals surface area contributed by atoms with Crippen molar-refractivity contribution in [3.8, 4) is 0 Å². The summed E-state index contributed by atoms with van der Waals surface area (Å²) in [5.41, 5.74) is 0. The van der Waals surface area contributed by atoms with Gasteiger partial charge in [-0.1, -0.05) is 13.8 Å². The van der Waals surface area contributed by atoms with Crippen LogP contribution in [0, 0.1) is 5.92 Å². The fourth-order valence-corrected chi connectivity index (χ4v) is 0.817. The highest BCUT2D eigenvalue weighted by atomic mass is 16.2. The quantitative estimate of drug-likeness (QED) is 0.608. The monoisotopic (exact) mass is 156 g/mol. The lowest BCUT2D eigenvalue weighted by Crippen LogP contribution is -2.21. The molecule has 11 heavy (non-hydrogen) atoms. The fourth-order valence-electron chi connectivity index (χ4n) is 0.817. The van der Waals surface area contributed by atoms with E-state index in [9.17, 15) is 4.79 Å².